The van der Waals surface area contributed by atoms with Crippen molar-refractivity contribution in [2.24, 2.45) is 0 Å². The van der Waals surface area contributed by atoms with E-state index in [1.807, 2.05) is 38.4 Å². The van der Waals surface area contributed by atoms with E-state index < -0.39 is 6.10 Å². The predicted octanol–water partition coefficient (Wildman–Crippen LogP) is 0.137. The second kappa shape index (κ2) is 7.58. The monoisotopic (exact) mass is 307 g/mol. The molecular weight excluding hydrogens is 282 g/mol. The molecule has 0 spiro atoms. The van der Waals surface area contributed by atoms with E-state index in [0.717, 1.165) is 11.3 Å². The number of amides is 1. The molecule has 1 heterocycles. The van der Waals surface area contributed by atoms with Crippen LogP contribution in [0.4, 0.5) is 0 Å². The fourth-order valence-electron chi connectivity index (χ4n) is 2.68. The van der Waals surface area contributed by atoms with Crippen LogP contribution in [-0.2, 0) is 4.79 Å². The van der Waals surface area contributed by atoms with Gasteiger partial charge in [0.15, 0.2) is 0 Å². The third-order valence-corrected chi connectivity index (χ3v) is 4.00. The number of hydrogen-bond acceptors (Lipinski definition) is 5. The summed E-state index contributed by atoms with van der Waals surface area (Å²) in [5.74, 6) is 0.738. The Morgan fingerprint density at radius 2 is 2.32 bits per heavy atom. The lowest BCUT2D eigenvalue weighted by Gasteiger charge is -2.26. The SMILES string of the molecule is COc1cccc(C(CNC(=O)C2CC(O)CN2)N(C)C)c1. The second-order valence-electron chi connectivity index (χ2n) is 5.85. The third kappa shape index (κ3) is 4.19. The molecule has 1 aromatic carbocycles. The average Bonchev–Trinajstić information content (AvgIpc) is 2.94. The van der Waals surface area contributed by atoms with Crippen LogP contribution in [0.1, 0.15) is 18.0 Å². The predicted molar refractivity (Wildman–Crippen MR) is 84.8 cm³/mol. The normalized spacial score (nSPS) is 22.6. The lowest BCUT2D eigenvalue weighted by molar-refractivity contribution is -0.123. The maximum atomic E-state index is 12.1. The molecule has 3 unspecified atom stereocenters. The van der Waals surface area contributed by atoms with Crippen molar-refractivity contribution in [1.82, 2.24) is 15.5 Å². The summed E-state index contributed by atoms with van der Waals surface area (Å²) >= 11 is 0. The van der Waals surface area contributed by atoms with E-state index in [1.54, 1.807) is 7.11 Å². The van der Waals surface area contributed by atoms with Gasteiger partial charge in [-0.2, -0.15) is 0 Å². The van der Waals surface area contributed by atoms with E-state index in [4.69, 9.17) is 4.74 Å². The summed E-state index contributed by atoms with van der Waals surface area (Å²) in [5.41, 5.74) is 1.09. The van der Waals surface area contributed by atoms with Gasteiger partial charge in [0.25, 0.3) is 0 Å². The second-order valence-corrected chi connectivity index (χ2v) is 5.85. The number of hydrogen-bond donors (Lipinski definition) is 3. The van der Waals surface area contributed by atoms with Crippen LogP contribution < -0.4 is 15.4 Å². The van der Waals surface area contributed by atoms with Gasteiger partial charge in [0.2, 0.25) is 5.91 Å². The number of likely N-dealkylation sites (N-methyl/N-ethyl adjacent to an activating group) is 1. The highest BCUT2D eigenvalue weighted by Gasteiger charge is 2.28. The van der Waals surface area contributed by atoms with Crippen LogP contribution in [0.25, 0.3) is 0 Å². The van der Waals surface area contributed by atoms with Gasteiger partial charge in [-0.25, -0.2) is 0 Å². The molecule has 0 aromatic heterocycles. The number of carbonyl (C=O) groups excluding carboxylic acids is 1. The summed E-state index contributed by atoms with van der Waals surface area (Å²) < 4.78 is 5.26. The van der Waals surface area contributed by atoms with Gasteiger partial charge in [0.1, 0.15) is 5.75 Å². The van der Waals surface area contributed by atoms with Crippen molar-refractivity contribution in [3.8, 4) is 5.75 Å². The zero-order valence-electron chi connectivity index (χ0n) is 13.4. The van der Waals surface area contributed by atoms with Crippen molar-refractivity contribution in [2.45, 2.75) is 24.6 Å². The van der Waals surface area contributed by atoms with Gasteiger partial charge in [-0.15, -0.1) is 0 Å². The van der Waals surface area contributed by atoms with E-state index in [9.17, 15) is 9.90 Å². The third-order valence-electron chi connectivity index (χ3n) is 4.00. The minimum atomic E-state index is -0.432. The summed E-state index contributed by atoms with van der Waals surface area (Å²) in [6.45, 7) is 0.984. The fourth-order valence-corrected chi connectivity index (χ4v) is 2.68. The molecule has 3 N–H and O–H groups in total. The average molecular weight is 307 g/mol. The summed E-state index contributed by atoms with van der Waals surface area (Å²) in [7, 11) is 5.60. The number of rotatable bonds is 6. The van der Waals surface area contributed by atoms with Crippen LogP contribution in [0.2, 0.25) is 0 Å². The Morgan fingerprint density at radius 3 is 2.91 bits per heavy atom. The zero-order valence-corrected chi connectivity index (χ0v) is 13.4. The lowest BCUT2D eigenvalue weighted by Crippen LogP contribution is -2.43. The molecule has 3 atom stereocenters. The van der Waals surface area contributed by atoms with Crippen LogP contribution in [0.3, 0.4) is 0 Å². The molecule has 6 heteroatoms. The molecule has 0 aliphatic carbocycles. The van der Waals surface area contributed by atoms with E-state index >= 15 is 0 Å². The lowest BCUT2D eigenvalue weighted by atomic mass is 10.1. The smallest absolute Gasteiger partial charge is 0.237 e. The molecule has 0 radical (unpaired) electrons. The molecule has 0 saturated carbocycles. The van der Waals surface area contributed by atoms with Crippen molar-refractivity contribution in [2.75, 3.05) is 34.3 Å². The highest BCUT2D eigenvalue weighted by molar-refractivity contribution is 5.82. The first-order valence-corrected chi connectivity index (χ1v) is 7.50. The number of nitrogens with zero attached hydrogens (tertiary/aromatic N) is 1. The van der Waals surface area contributed by atoms with Gasteiger partial charge in [0.05, 0.1) is 25.3 Å². The molecular formula is C16H25N3O3. The first kappa shape index (κ1) is 16.7. The van der Waals surface area contributed by atoms with Gasteiger partial charge in [-0.05, 0) is 38.2 Å². The minimum Gasteiger partial charge on any atom is -0.497 e. The molecule has 1 saturated heterocycles. The highest BCUT2D eigenvalue weighted by atomic mass is 16.5. The molecule has 1 fully saturated rings. The Hall–Kier alpha value is -1.63. The summed E-state index contributed by atoms with van der Waals surface area (Å²) in [6, 6.07) is 7.61. The van der Waals surface area contributed by atoms with Crippen molar-refractivity contribution in [3.05, 3.63) is 29.8 Å². The molecule has 1 amide bonds. The largest absolute Gasteiger partial charge is 0.497 e. The number of benzene rings is 1. The van der Waals surface area contributed by atoms with Crippen molar-refractivity contribution >= 4 is 5.91 Å². The quantitative estimate of drug-likeness (QED) is 0.697. The summed E-state index contributed by atoms with van der Waals surface area (Å²) in [5, 5.41) is 15.5. The van der Waals surface area contributed by atoms with Crippen molar-refractivity contribution < 1.29 is 14.6 Å². The number of carbonyl (C=O) groups is 1. The minimum absolute atomic E-state index is 0.0605. The number of methoxy groups -OCH3 is 1. The molecule has 22 heavy (non-hydrogen) atoms. The van der Waals surface area contributed by atoms with E-state index in [1.165, 1.54) is 0 Å². The number of nitrogens with one attached hydrogen (secondary N) is 2. The first-order chi connectivity index (χ1) is 10.5. The first-order valence-electron chi connectivity index (χ1n) is 7.50. The van der Waals surface area contributed by atoms with Gasteiger partial charge in [0, 0.05) is 13.1 Å². The molecule has 0 bridgehead atoms. The van der Waals surface area contributed by atoms with Gasteiger partial charge in [-0.1, -0.05) is 12.1 Å². The summed E-state index contributed by atoms with van der Waals surface area (Å²) in [4.78, 5) is 14.2. The van der Waals surface area contributed by atoms with Crippen LogP contribution in [0.15, 0.2) is 24.3 Å². The zero-order chi connectivity index (χ0) is 16.1. The van der Waals surface area contributed by atoms with Crippen molar-refractivity contribution in [3.63, 3.8) is 0 Å². The Bertz CT molecular complexity index is 507. The van der Waals surface area contributed by atoms with Crippen LogP contribution in [-0.4, -0.2) is 62.4 Å². The van der Waals surface area contributed by atoms with E-state index in [0.29, 0.717) is 19.5 Å². The topological polar surface area (TPSA) is 73.8 Å². The van der Waals surface area contributed by atoms with Crippen LogP contribution in [0, 0.1) is 0 Å². The Labute approximate surface area is 131 Å². The highest BCUT2D eigenvalue weighted by Crippen LogP contribution is 2.22. The summed E-state index contributed by atoms with van der Waals surface area (Å²) in [6.07, 6.45) is 0.0382. The standard InChI is InChI=1S/C16H25N3O3/c1-19(2)15(11-5-4-6-13(7-11)22-3)10-18-16(21)14-8-12(20)9-17-14/h4-7,12,14-15,17,20H,8-10H2,1-3H3,(H,18,21). The number of aliphatic hydroxyl groups is 1. The molecule has 1 aliphatic rings. The van der Waals surface area contributed by atoms with E-state index in [2.05, 4.69) is 15.5 Å². The van der Waals surface area contributed by atoms with Crippen LogP contribution in [0.5, 0.6) is 5.75 Å². The van der Waals surface area contributed by atoms with Gasteiger partial charge < -0.3 is 25.4 Å². The Kier molecular flexibility index (Phi) is 5.76. The fraction of sp³-hybridized carbons (Fsp3) is 0.562. The van der Waals surface area contributed by atoms with E-state index in [-0.39, 0.29) is 18.0 Å². The van der Waals surface area contributed by atoms with Gasteiger partial charge in [-0.3, -0.25) is 4.79 Å². The Balaban J connectivity index is 1.98. The maximum absolute atomic E-state index is 12.1. The number of aliphatic hydroxyl groups excluding tert-OH is 1. The van der Waals surface area contributed by atoms with Crippen LogP contribution >= 0.6 is 0 Å². The maximum Gasteiger partial charge on any atom is 0.237 e. The Morgan fingerprint density at radius 1 is 1.55 bits per heavy atom. The molecule has 1 aromatic rings. The molecule has 2 rings (SSSR count). The molecule has 6 nitrogen and oxygen atoms in total. The van der Waals surface area contributed by atoms with Crippen molar-refractivity contribution in [1.29, 1.82) is 0 Å². The van der Waals surface area contributed by atoms with Gasteiger partial charge >= 0.3 is 0 Å². The number of β-amino-alcohol motifs (C(OH)–C–C–N with tert-alkyl or cyclic N) is 1. The molecule has 1 aliphatic heterocycles. The number of ether oxygens (including phenoxy) is 1. The molecule has 122 valence electrons.